The number of rotatable bonds is 29. The topological polar surface area (TPSA) is 6.48 Å². The van der Waals surface area contributed by atoms with Crippen molar-refractivity contribution in [2.45, 2.75) is 200 Å². The van der Waals surface area contributed by atoms with Crippen molar-refractivity contribution in [3.8, 4) is 0 Å². The minimum Gasteiger partial charge on any atom is -0.356 e. The van der Waals surface area contributed by atoms with Crippen LogP contribution < -0.4 is 0 Å². The summed E-state index contributed by atoms with van der Waals surface area (Å²) in [6.45, 7) is 9.47. The zero-order valence-corrected chi connectivity index (χ0v) is 26.1. The lowest BCUT2D eigenvalue weighted by Crippen LogP contribution is -2.39. The average Bonchev–Trinajstić information content (AvgIpc) is 3.29. The molecule has 0 fully saturated rings. The van der Waals surface area contributed by atoms with E-state index in [1.165, 1.54) is 186 Å². The smallest absolute Gasteiger partial charge is 0.101 e. The molecule has 2 nitrogen and oxygen atoms in total. The summed E-state index contributed by atoms with van der Waals surface area (Å²) >= 11 is 0. The van der Waals surface area contributed by atoms with Crippen molar-refractivity contribution in [2.24, 2.45) is 0 Å². The molecule has 0 aromatic heterocycles. The summed E-state index contributed by atoms with van der Waals surface area (Å²) in [6.07, 6.45) is 44.0. The molecule has 0 bridgehead atoms. The molecule has 1 rings (SSSR count). The minimum absolute atomic E-state index is 0.642. The Morgan fingerprint density at radius 1 is 0.351 bits per heavy atom. The second-order valence-electron chi connectivity index (χ2n) is 12.2. The Hall–Kier alpha value is -0.660. The zero-order valence-electron chi connectivity index (χ0n) is 26.1. The molecular weight excluding hydrogens is 448 g/mol. The van der Waals surface area contributed by atoms with Gasteiger partial charge in [0.2, 0.25) is 0 Å². The van der Waals surface area contributed by atoms with E-state index < -0.39 is 0 Å². The summed E-state index contributed by atoms with van der Waals surface area (Å²) in [6, 6.07) is 0. The molecule has 0 aromatic rings. The highest BCUT2D eigenvalue weighted by Crippen LogP contribution is 2.24. The van der Waals surface area contributed by atoms with Crippen LogP contribution in [0.4, 0.5) is 0 Å². The first kappa shape index (κ1) is 34.4. The van der Waals surface area contributed by atoms with Crippen molar-refractivity contribution in [2.75, 3.05) is 13.1 Å². The van der Waals surface area contributed by atoms with Gasteiger partial charge in [0.25, 0.3) is 0 Å². The largest absolute Gasteiger partial charge is 0.356 e. The molecule has 0 aliphatic carbocycles. The van der Waals surface area contributed by atoms with Crippen molar-refractivity contribution in [1.29, 1.82) is 0 Å². The molecule has 220 valence electrons. The molecule has 0 aromatic carbocycles. The molecule has 0 amide bonds. The van der Waals surface area contributed by atoms with E-state index in [2.05, 4.69) is 43.0 Å². The van der Waals surface area contributed by atoms with Crippen molar-refractivity contribution in [1.82, 2.24) is 9.80 Å². The first-order valence-corrected chi connectivity index (χ1v) is 17.5. The second-order valence-corrected chi connectivity index (χ2v) is 12.2. The van der Waals surface area contributed by atoms with Gasteiger partial charge in [-0.3, -0.25) is 0 Å². The maximum absolute atomic E-state index is 2.70. The first-order chi connectivity index (χ1) is 18.3. The number of unbranched alkanes of at least 4 members (excludes halogenated alkanes) is 23. The molecule has 37 heavy (non-hydrogen) atoms. The average molecular weight is 519 g/mol. The molecule has 2 heteroatoms. The van der Waals surface area contributed by atoms with Crippen molar-refractivity contribution >= 4 is 0 Å². The maximum atomic E-state index is 2.70. The van der Waals surface area contributed by atoms with Crippen molar-refractivity contribution in [3.05, 3.63) is 12.4 Å². The highest BCUT2D eigenvalue weighted by Gasteiger charge is 2.24. The van der Waals surface area contributed by atoms with Crippen LogP contribution in [0.5, 0.6) is 0 Å². The van der Waals surface area contributed by atoms with E-state index in [0.29, 0.717) is 6.17 Å². The van der Waals surface area contributed by atoms with Gasteiger partial charge in [0.1, 0.15) is 6.17 Å². The fraction of sp³-hybridized carbons (Fsp3) is 0.943. The van der Waals surface area contributed by atoms with Crippen LogP contribution in [0.1, 0.15) is 194 Å². The molecular formula is C35H70N2. The Labute approximate surface area is 235 Å². The first-order valence-electron chi connectivity index (χ1n) is 17.5. The summed E-state index contributed by atoms with van der Waals surface area (Å²) in [5.74, 6) is 0. The number of nitrogens with zero attached hydrogens (tertiary/aromatic N) is 2. The van der Waals surface area contributed by atoms with Gasteiger partial charge in [0, 0.05) is 25.5 Å². The lowest BCUT2D eigenvalue weighted by molar-refractivity contribution is 0.135. The van der Waals surface area contributed by atoms with E-state index in [1.807, 2.05) is 0 Å². The maximum Gasteiger partial charge on any atom is 0.101 e. The molecule has 0 saturated heterocycles. The predicted octanol–water partition coefficient (Wildman–Crippen LogP) is 12.0. The fourth-order valence-electron chi connectivity index (χ4n) is 6.01. The van der Waals surface area contributed by atoms with Crippen LogP contribution >= 0.6 is 0 Å². The van der Waals surface area contributed by atoms with E-state index >= 15 is 0 Å². The van der Waals surface area contributed by atoms with Gasteiger partial charge in [-0.1, -0.05) is 168 Å². The normalized spacial score (nSPS) is 13.9. The molecule has 0 saturated carbocycles. The van der Waals surface area contributed by atoms with Gasteiger partial charge in [0.05, 0.1) is 0 Å². The summed E-state index contributed by atoms with van der Waals surface area (Å²) < 4.78 is 0. The molecule has 0 N–H and O–H groups in total. The van der Waals surface area contributed by atoms with E-state index in [0.717, 1.165) is 0 Å². The zero-order chi connectivity index (χ0) is 26.7. The van der Waals surface area contributed by atoms with Crippen LogP contribution in [0, 0.1) is 0 Å². The van der Waals surface area contributed by atoms with E-state index in [9.17, 15) is 0 Å². The SMILES string of the molecule is CCCCCCCCCCCN1C=CN(CCCCCCCCCCC)C1CCCCCCCCCC. The second kappa shape index (κ2) is 26.9. The minimum atomic E-state index is 0.642. The van der Waals surface area contributed by atoms with Crippen molar-refractivity contribution in [3.63, 3.8) is 0 Å². The highest BCUT2D eigenvalue weighted by atomic mass is 15.4. The quantitative estimate of drug-likeness (QED) is 0.0908. The van der Waals surface area contributed by atoms with Crippen LogP contribution in [-0.4, -0.2) is 29.1 Å². The van der Waals surface area contributed by atoms with Crippen LogP contribution in [0.3, 0.4) is 0 Å². The Bertz CT molecular complexity index is 442. The molecule has 1 aliphatic rings. The van der Waals surface area contributed by atoms with E-state index in [4.69, 9.17) is 0 Å². The van der Waals surface area contributed by atoms with Crippen LogP contribution in [0.15, 0.2) is 12.4 Å². The molecule has 0 unspecified atom stereocenters. The van der Waals surface area contributed by atoms with E-state index in [1.54, 1.807) is 0 Å². The third kappa shape index (κ3) is 20.0. The van der Waals surface area contributed by atoms with Crippen LogP contribution in [0.25, 0.3) is 0 Å². The Morgan fingerprint density at radius 3 is 0.946 bits per heavy atom. The number of hydrogen-bond acceptors (Lipinski definition) is 2. The van der Waals surface area contributed by atoms with Crippen molar-refractivity contribution < 1.29 is 0 Å². The third-order valence-electron chi connectivity index (χ3n) is 8.57. The lowest BCUT2D eigenvalue weighted by atomic mass is 10.1. The monoisotopic (exact) mass is 519 g/mol. The molecule has 0 radical (unpaired) electrons. The molecule has 0 atom stereocenters. The Morgan fingerprint density at radius 2 is 0.622 bits per heavy atom. The van der Waals surface area contributed by atoms with Gasteiger partial charge in [-0.25, -0.2) is 0 Å². The fourth-order valence-corrected chi connectivity index (χ4v) is 6.01. The van der Waals surface area contributed by atoms with Crippen LogP contribution in [-0.2, 0) is 0 Å². The summed E-state index contributed by atoms with van der Waals surface area (Å²) in [7, 11) is 0. The summed E-state index contributed by atoms with van der Waals surface area (Å²) in [5, 5.41) is 0. The van der Waals surface area contributed by atoms with Gasteiger partial charge in [0.15, 0.2) is 0 Å². The Balaban J connectivity index is 2.26. The lowest BCUT2D eigenvalue weighted by Gasteiger charge is -2.33. The summed E-state index contributed by atoms with van der Waals surface area (Å²) in [4.78, 5) is 5.41. The molecule has 1 aliphatic heterocycles. The summed E-state index contributed by atoms with van der Waals surface area (Å²) in [5.41, 5.74) is 0. The van der Waals surface area contributed by atoms with E-state index in [-0.39, 0.29) is 0 Å². The Kier molecular flexibility index (Phi) is 25.0. The van der Waals surface area contributed by atoms with Gasteiger partial charge >= 0.3 is 0 Å². The highest BCUT2D eigenvalue weighted by molar-refractivity contribution is 4.97. The third-order valence-corrected chi connectivity index (χ3v) is 8.57. The predicted molar refractivity (Wildman–Crippen MR) is 168 cm³/mol. The van der Waals surface area contributed by atoms with Crippen LogP contribution in [0.2, 0.25) is 0 Å². The van der Waals surface area contributed by atoms with Gasteiger partial charge in [-0.2, -0.15) is 0 Å². The number of hydrogen-bond donors (Lipinski definition) is 0. The molecule has 1 heterocycles. The van der Waals surface area contributed by atoms with Gasteiger partial charge in [-0.15, -0.1) is 0 Å². The molecule has 0 spiro atoms. The van der Waals surface area contributed by atoms with Gasteiger partial charge < -0.3 is 9.80 Å². The van der Waals surface area contributed by atoms with Gasteiger partial charge in [-0.05, 0) is 25.7 Å². The standard InChI is InChI=1S/C35H70N2/c1-4-7-10-13-16-19-22-25-28-31-36-33-34-37(32-29-26-23-20-17-14-11-8-5-2)35(36)30-27-24-21-18-15-12-9-6-3/h33-35H,4-32H2,1-3H3.